The van der Waals surface area contributed by atoms with Gasteiger partial charge in [0.1, 0.15) is 0 Å². The third-order valence-electron chi connectivity index (χ3n) is 6.67. The van der Waals surface area contributed by atoms with Crippen LogP contribution < -0.4 is 0 Å². The van der Waals surface area contributed by atoms with Crippen LogP contribution in [0.15, 0.2) is 30.3 Å². The number of hydrogen-bond acceptors (Lipinski definition) is 5. The Morgan fingerprint density at radius 1 is 1.31 bits per heavy atom. The molecule has 1 aliphatic heterocycles. The second kappa shape index (κ2) is 8.91. The van der Waals surface area contributed by atoms with Gasteiger partial charge in [-0.15, -0.1) is 0 Å². The monoisotopic (exact) mass is 442 g/mol. The Bertz CT molecular complexity index is 970. The van der Waals surface area contributed by atoms with E-state index in [-0.39, 0.29) is 36.9 Å². The molecule has 9 heteroatoms. The van der Waals surface area contributed by atoms with Gasteiger partial charge in [0.05, 0.1) is 25.9 Å². The molecule has 1 aliphatic carbocycles. The molecule has 0 bridgehead atoms. The van der Waals surface area contributed by atoms with Crippen LogP contribution in [-0.4, -0.2) is 74.6 Å². The number of aromatic amines is 1. The van der Waals surface area contributed by atoms with E-state index in [2.05, 4.69) is 10.2 Å². The van der Waals surface area contributed by atoms with E-state index >= 15 is 0 Å². The number of rotatable bonds is 7. The molecule has 2 heterocycles. The zero-order chi connectivity index (χ0) is 22.9. The Morgan fingerprint density at radius 2 is 2.03 bits per heavy atom. The molecule has 3 N–H and O–H groups in total. The SMILES string of the molecule is C[C@@H]1Cc2[nH]nc(C(=O)N(C)CC3(CO)CC(OCc4ccccc4)C3)c2CN1C(=O)O. The molecule has 0 unspecified atom stereocenters. The van der Waals surface area contributed by atoms with E-state index in [1.807, 2.05) is 37.3 Å². The largest absolute Gasteiger partial charge is 0.465 e. The Balaban J connectivity index is 1.36. The van der Waals surface area contributed by atoms with Gasteiger partial charge in [0.2, 0.25) is 0 Å². The average Bonchev–Trinajstić information content (AvgIpc) is 3.17. The lowest BCUT2D eigenvalue weighted by Gasteiger charge is -2.48. The van der Waals surface area contributed by atoms with Crippen molar-refractivity contribution in [2.24, 2.45) is 5.41 Å². The molecular weight excluding hydrogens is 412 g/mol. The first-order chi connectivity index (χ1) is 15.3. The summed E-state index contributed by atoms with van der Waals surface area (Å²) in [6.07, 6.45) is 0.890. The normalized spacial score (nSPS) is 24.5. The first-order valence-corrected chi connectivity index (χ1v) is 10.9. The summed E-state index contributed by atoms with van der Waals surface area (Å²) < 4.78 is 5.96. The van der Waals surface area contributed by atoms with Crippen LogP contribution in [0.4, 0.5) is 4.79 Å². The fourth-order valence-electron chi connectivity index (χ4n) is 4.78. The topological polar surface area (TPSA) is 119 Å². The number of carboxylic acid groups (broad SMARTS) is 1. The van der Waals surface area contributed by atoms with Gasteiger partial charge < -0.3 is 24.7 Å². The lowest BCUT2D eigenvalue weighted by atomic mass is 9.67. The molecule has 1 aromatic heterocycles. The molecular formula is C23H30N4O5. The maximum absolute atomic E-state index is 13.1. The van der Waals surface area contributed by atoms with Gasteiger partial charge in [-0.2, -0.15) is 5.10 Å². The van der Waals surface area contributed by atoms with Crippen LogP contribution >= 0.6 is 0 Å². The molecule has 32 heavy (non-hydrogen) atoms. The predicted molar refractivity (Wildman–Crippen MR) is 116 cm³/mol. The molecule has 9 nitrogen and oxygen atoms in total. The van der Waals surface area contributed by atoms with Crippen molar-refractivity contribution in [2.75, 3.05) is 20.2 Å². The molecule has 2 amide bonds. The number of amides is 2. The van der Waals surface area contributed by atoms with Crippen LogP contribution in [0.25, 0.3) is 0 Å². The summed E-state index contributed by atoms with van der Waals surface area (Å²) in [6, 6.07) is 9.76. The maximum Gasteiger partial charge on any atom is 0.407 e. The summed E-state index contributed by atoms with van der Waals surface area (Å²) in [6.45, 7) is 2.86. The second-order valence-corrected chi connectivity index (χ2v) is 9.14. The lowest BCUT2D eigenvalue weighted by Crippen LogP contribution is -2.52. The highest BCUT2D eigenvalue weighted by atomic mass is 16.5. The van der Waals surface area contributed by atoms with Crippen molar-refractivity contribution in [2.45, 2.75) is 51.5 Å². The maximum atomic E-state index is 13.1. The fourth-order valence-corrected chi connectivity index (χ4v) is 4.78. The van der Waals surface area contributed by atoms with Crippen molar-refractivity contribution in [3.63, 3.8) is 0 Å². The van der Waals surface area contributed by atoms with Gasteiger partial charge in [-0.25, -0.2) is 4.79 Å². The number of ether oxygens (including phenoxy) is 1. The summed E-state index contributed by atoms with van der Waals surface area (Å²) in [5, 5.41) is 26.6. The van der Waals surface area contributed by atoms with Crippen LogP contribution in [0.2, 0.25) is 0 Å². The number of aliphatic hydroxyl groups excluding tert-OH is 1. The number of fused-ring (bicyclic) bond motifs is 1. The van der Waals surface area contributed by atoms with Gasteiger partial charge in [-0.3, -0.25) is 9.89 Å². The Hall–Kier alpha value is -2.91. The number of carbonyl (C=O) groups excluding carboxylic acids is 1. The van der Waals surface area contributed by atoms with Gasteiger partial charge in [0, 0.05) is 42.7 Å². The number of nitrogens with zero attached hydrogens (tertiary/aromatic N) is 3. The number of H-pyrrole nitrogens is 1. The third-order valence-corrected chi connectivity index (χ3v) is 6.67. The van der Waals surface area contributed by atoms with E-state index in [1.165, 1.54) is 4.90 Å². The van der Waals surface area contributed by atoms with Gasteiger partial charge in [0.25, 0.3) is 5.91 Å². The number of hydrogen-bond donors (Lipinski definition) is 3. The van der Waals surface area contributed by atoms with Gasteiger partial charge in [0.15, 0.2) is 5.69 Å². The number of nitrogens with one attached hydrogen (secondary N) is 1. The quantitative estimate of drug-likeness (QED) is 0.605. The van der Waals surface area contributed by atoms with Gasteiger partial charge in [-0.05, 0) is 25.3 Å². The lowest BCUT2D eigenvalue weighted by molar-refractivity contribution is -0.114. The van der Waals surface area contributed by atoms with Crippen LogP contribution in [0.5, 0.6) is 0 Å². The van der Waals surface area contributed by atoms with Crippen LogP contribution in [0, 0.1) is 5.41 Å². The third kappa shape index (κ3) is 4.35. The van der Waals surface area contributed by atoms with Crippen molar-refractivity contribution < 1.29 is 24.5 Å². The Kier molecular flexibility index (Phi) is 6.21. The molecule has 172 valence electrons. The number of benzene rings is 1. The summed E-state index contributed by atoms with van der Waals surface area (Å²) >= 11 is 0. The summed E-state index contributed by atoms with van der Waals surface area (Å²) in [5.41, 5.74) is 2.41. The van der Waals surface area contributed by atoms with Crippen molar-refractivity contribution in [3.05, 3.63) is 52.8 Å². The van der Waals surface area contributed by atoms with Crippen molar-refractivity contribution in [3.8, 4) is 0 Å². The molecule has 1 atom stereocenters. The molecule has 2 aliphatic rings. The van der Waals surface area contributed by atoms with Crippen molar-refractivity contribution in [1.82, 2.24) is 20.0 Å². The minimum absolute atomic E-state index is 0.0290. The minimum Gasteiger partial charge on any atom is -0.465 e. The standard InChI is InChI=1S/C23H30N4O5/c1-15-8-19-18(11-27(15)22(30)31)20(25-24-19)21(29)26(2)13-23(14-28)9-17(10-23)32-12-16-6-4-3-5-7-16/h3-7,15,17,28H,8-14H2,1-2H3,(H,24,25)(H,30,31)/t15-,17?,23?/m1/s1. The van der Waals surface area contributed by atoms with Crippen LogP contribution in [0.3, 0.4) is 0 Å². The second-order valence-electron chi connectivity index (χ2n) is 9.14. The highest BCUT2D eigenvalue weighted by Gasteiger charge is 2.46. The van der Waals surface area contributed by atoms with E-state index in [1.54, 1.807) is 11.9 Å². The first kappa shape index (κ1) is 22.3. The van der Waals surface area contributed by atoms with E-state index < -0.39 is 11.5 Å². The van der Waals surface area contributed by atoms with E-state index in [4.69, 9.17) is 4.74 Å². The predicted octanol–water partition coefficient (Wildman–Crippen LogP) is 2.26. The zero-order valence-electron chi connectivity index (χ0n) is 18.5. The van der Waals surface area contributed by atoms with E-state index in [0.29, 0.717) is 38.0 Å². The Morgan fingerprint density at radius 3 is 2.69 bits per heavy atom. The zero-order valence-corrected chi connectivity index (χ0v) is 18.5. The minimum atomic E-state index is -1.01. The van der Waals surface area contributed by atoms with E-state index in [9.17, 15) is 19.8 Å². The Labute approximate surface area is 187 Å². The molecule has 0 spiro atoms. The first-order valence-electron chi connectivity index (χ1n) is 10.9. The van der Waals surface area contributed by atoms with Crippen LogP contribution in [-0.2, 0) is 24.3 Å². The number of carbonyl (C=O) groups is 2. The van der Waals surface area contributed by atoms with Crippen LogP contribution in [0.1, 0.15) is 47.1 Å². The smallest absolute Gasteiger partial charge is 0.407 e. The highest BCUT2D eigenvalue weighted by molar-refractivity contribution is 5.94. The molecule has 1 fully saturated rings. The van der Waals surface area contributed by atoms with Crippen molar-refractivity contribution in [1.29, 1.82) is 0 Å². The van der Waals surface area contributed by atoms with Crippen molar-refractivity contribution >= 4 is 12.0 Å². The molecule has 0 saturated heterocycles. The van der Waals surface area contributed by atoms with Gasteiger partial charge in [-0.1, -0.05) is 30.3 Å². The number of aliphatic hydroxyl groups is 1. The molecule has 2 aromatic rings. The average molecular weight is 443 g/mol. The summed E-state index contributed by atoms with van der Waals surface area (Å²) in [4.78, 5) is 27.5. The molecule has 4 rings (SSSR count). The number of aromatic nitrogens is 2. The molecule has 0 radical (unpaired) electrons. The fraction of sp³-hybridized carbons (Fsp3) is 0.522. The molecule has 1 aromatic carbocycles. The van der Waals surface area contributed by atoms with Gasteiger partial charge >= 0.3 is 6.09 Å². The summed E-state index contributed by atoms with van der Waals surface area (Å²) in [5.74, 6) is -0.274. The summed E-state index contributed by atoms with van der Waals surface area (Å²) in [7, 11) is 1.69. The van der Waals surface area contributed by atoms with E-state index in [0.717, 1.165) is 11.3 Å². The molecule has 1 saturated carbocycles. The highest BCUT2D eigenvalue weighted by Crippen LogP contribution is 2.43.